The van der Waals surface area contributed by atoms with Crippen molar-refractivity contribution in [2.24, 2.45) is 0 Å². The second kappa shape index (κ2) is 12.8. The van der Waals surface area contributed by atoms with E-state index in [4.69, 9.17) is 33.9 Å². The monoisotopic (exact) mass is 838 g/mol. The van der Waals surface area contributed by atoms with Gasteiger partial charge in [-0.15, -0.1) is 45.3 Å². The largest absolute Gasteiger partial charge is 0.481 e. The molecule has 2 amide bonds. The molecule has 14 heteroatoms. The molecule has 6 aliphatic rings. The molecule has 0 bridgehead atoms. The summed E-state index contributed by atoms with van der Waals surface area (Å²) in [7, 11) is 0. The molecule has 2 saturated carbocycles. The van der Waals surface area contributed by atoms with Crippen molar-refractivity contribution in [3.05, 3.63) is 42.8 Å². The average Bonchev–Trinajstić information content (AvgIpc) is 3.96. The molecule has 6 nitrogen and oxygen atoms in total. The van der Waals surface area contributed by atoms with E-state index in [0.717, 1.165) is 72.6 Å². The van der Waals surface area contributed by atoms with Crippen LogP contribution in [0.1, 0.15) is 98.9 Å². The summed E-state index contributed by atoms with van der Waals surface area (Å²) in [5.74, 6) is 1.87. The summed E-state index contributed by atoms with van der Waals surface area (Å²) >= 11 is 21.1. The standard InChI is InChI=1S/C38H34N2O4S8/c1-3-39-33(41)23(49-35(39)45)17-19-15-21-27(47-19)29-25(37(43-21)11-7-5-8-12-37)31-32(51-29)26-30(52-31)28-22(44-38(26)13-9-6-10-14-38)16-20(48-28)18-24-34(42)40(4-2)36(46)50-24/h15-18H,3-14H2,1-2H3/b23-17-,24-18-. The first-order chi connectivity index (χ1) is 25.2. The number of ether oxygens (including phenoxy) is 2. The number of thioether (sulfide) groups is 2. The van der Waals surface area contributed by atoms with Gasteiger partial charge in [0.25, 0.3) is 11.8 Å². The number of hydrogen-bond acceptors (Lipinski definition) is 12. The lowest BCUT2D eigenvalue weighted by Crippen LogP contribution is -2.37. The molecule has 4 fully saturated rings. The Bertz CT molecular complexity index is 2150. The van der Waals surface area contributed by atoms with Gasteiger partial charge in [0.05, 0.1) is 38.7 Å². The minimum Gasteiger partial charge on any atom is -0.481 e. The van der Waals surface area contributed by atoms with Crippen LogP contribution in [0, 0.1) is 0 Å². The van der Waals surface area contributed by atoms with Gasteiger partial charge in [-0.1, -0.05) is 60.8 Å². The molecule has 2 aliphatic carbocycles. The fourth-order valence-electron chi connectivity index (χ4n) is 8.75. The van der Waals surface area contributed by atoms with Crippen LogP contribution >= 0.6 is 93.3 Å². The third-order valence-electron chi connectivity index (χ3n) is 11.1. The molecule has 0 N–H and O–H groups in total. The number of carbonyl (C=O) groups excluding carboxylic acids is 2. The number of fused-ring (bicyclic) bond motifs is 11. The van der Waals surface area contributed by atoms with Gasteiger partial charge in [0, 0.05) is 34.0 Å². The minimum absolute atomic E-state index is 0.0115. The normalized spacial score (nSPS) is 23.2. The Morgan fingerprint density at radius 1 is 0.635 bits per heavy atom. The van der Waals surface area contributed by atoms with E-state index >= 15 is 0 Å². The van der Waals surface area contributed by atoms with Gasteiger partial charge >= 0.3 is 0 Å². The molecule has 8 heterocycles. The predicted octanol–water partition coefficient (Wildman–Crippen LogP) is 12.0. The fraction of sp³-hybridized carbons (Fsp3) is 0.421. The Kier molecular flexibility index (Phi) is 8.45. The minimum atomic E-state index is -0.367. The Labute approximate surface area is 337 Å². The van der Waals surface area contributed by atoms with Crippen molar-refractivity contribution >= 4 is 135 Å². The number of nitrogens with zero attached hydrogens (tertiary/aromatic N) is 2. The molecule has 52 heavy (non-hydrogen) atoms. The Hall–Kier alpha value is -2.04. The van der Waals surface area contributed by atoms with Crippen LogP contribution in [0.5, 0.6) is 11.5 Å². The third-order valence-corrected chi connectivity index (χ3v) is 18.9. The van der Waals surface area contributed by atoms with E-state index in [9.17, 15) is 9.59 Å². The van der Waals surface area contributed by atoms with Crippen molar-refractivity contribution in [3.8, 4) is 31.0 Å². The van der Waals surface area contributed by atoms with E-state index < -0.39 is 0 Å². The van der Waals surface area contributed by atoms with E-state index in [1.54, 1.807) is 32.5 Å². The molecule has 0 atom stereocenters. The first-order valence-electron chi connectivity index (χ1n) is 18.0. The van der Waals surface area contributed by atoms with Crippen LogP contribution in [-0.2, 0) is 20.8 Å². The quantitative estimate of drug-likeness (QED) is 0.149. The Morgan fingerprint density at radius 2 is 1.04 bits per heavy atom. The van der Waals surface area contributed by atoms with Crippen LogP contribution in [0.2, 0.25) is 0 Å². The van der Waals surface area contributed by atoms with Gasteiger partial charge in [-0.3, -0.25) is 19.4 Å². The van der Waals surface area contributed by atoms with E-state index in [0.29, 0.717) is 31.5 Å². The first kappa shape index (κ1) is 34.5. The molecule has 4 aliphatic heterocycles. The summed E-state index contributed by atoms with van der Waals surface area (Å²) in [6.45, 7) is 5.08. The highest BCUT2D eigenvalue weighted by molar-refractivity contribution is 8.27. The summed E-state index contributed by atoms with van der Waals surface area (Å²) in [6.07, 6.45) is 15.0. The van der Waals surface area contributed by atoms with Gasteiger partial charge in [-0.2, -0.15) is 0 Å². The number of thiophene rings is 4. The van der Waals surface area contributed by atoms with E-state index in [1.165, 1.54) is 76.4 Å². The van der Waals surface area contributed by atoms with Gasteiger partial charge in [0.1, 0.15) is 31.3 Å². The summed E-state index contributed by atoms with van der Waals surface area (Å²) in [6, 6.07) is 4.31. The van der Waals surface area contributed by atoms with Crippen LogP contribution in [0.15, 0.2) is 21.9 Å². The SMILES string of the molecule is CCN1C(=O)/C(=C/c2cc3c(s2)-c2sc4c5c(sc4c2C2(CCCCC2)O3)-c2sc(/C=C3\SC(=S)N(CC)C3=O)cc2OC52CCCCC2)SC1=S. The number of carbonyl (C=O) groups is 2. The molecular formula is C38H34N2O4S8. The van der Waals surface area contributed by atoms with Crippen LogP contribution in [0.3, 0.4) is 0 Å². The second-order valence-electron chi connectivity index (χ2n) is 14.1. The highest BCUT2D eigenvalue weighted by Gasteiger charge is 2.50. The van der Waals surface area contributed by atoms with E-state index in [-0.39, 0.29) is 23.0 Å². The highest BCUT2D eigenvalue weighted by Crippen LogP contribution is 2.66. The predicted molar refractivity (Wildman–Crippen MR) is 228 cm³/mol. The second-order valence-corrected chi connectivity index (χ2v) is 21.7. The van der Waals surface area contributed by atoms with Crippen LogP contribution in [-0.4, -0.2) is 43.3 Å². The molecule has 0 aromatic carbocycles. The van der Waals surface area contributed by atoms with Crippen molar-refractivity contribution < 1.29 is 19.1 Å². The van der Waals surface area contributed by atoms with Crippen molar-refractivity contribution in [1.82, 2.24) is 9.80 Å². The molecule has 4 aromatic rings. The van der Waals surface area contributed by atoms with Gasteiger partial charge in [-0.05, 0) is 89.5 Å². The maximum atomic E-state index is 13.1. The lowest BCUT2D eigenvalue weighted by Gasteiger charge is -2.41. The number of thiocarbonyl (C=S) groups is 2. The fourth-order valence-corrected chi connectivity index (χ4v) is 17.2. The first-order valence-corrected chi connectivity index (χ1v) is 23.7. The molecule has 2 saturated heterocycles. The van der Waals surface area contributed by atoms with Crippen molar-refractivity contribution in [1.29, 1.82) is 0 Å². The molecule has 2 spiro atoms. The lowest BCUT2D eigenvalue weighted by molar-refractivity contribution is -0.122. The Morgan fingerprint density at radius 3 is 1.40 bits per heavy atom. The van der Waals surface area contributed by atoms with E-state index in [2.05, 4.69) is 12.1 Å². The zero-order valence-electron chi connectivity index (χ0n) is 28.6. The van der Waals surface area contributed by atoms with Crippen molar-refractivity contribution in [3.63, 3.8) is 0 Å². The maximum absolute atomic E-state index is 13.1. The average molecular weight is 839 g/mol. The van der Waals surface area contributed by atoms with E-state index in [1.807, 2.05) is 48.7 Å². The zero-order chi connectivity index (χ0) is 35.5. The number of rotatable bonds is 4. The molecule has 0 unspecified atom stereocenters. The van der Waals surface area contributed by atoms with Crippen molar-refractivity contribution in [2.45, 2.75) is 89.3 Å². The summed E-state index contributed by atoms with van der Waals surface area (Å²) < 4.78 is 18.4. The summed E-state index contributed by atoms with van der Waals surface area (Å²) in [4.78, 5) is 38.0. The lowest BCUT2D eigenvalue weighted by atomic mass is 9.76. The van der Waals surface area contributed by atoms with Gasteiger partial charge in [0.15, 0.2) is 0 Å². The topological polar surface area (TPSA) is 59.1 Å². The smallest absolute Gasteiger partial charge is 0.266 e. The van der Waals surface area contributed by atoms with Crippen LogP contribution in [0.25, 0.3) is 41.1 Å². The van der Waals surface area contributed by atoms with Crippen LogP contribution < -0.4 is 9.47 Å². The molecule has 4 aromatic heterocycles. The van der Waals surface area contributed by atoms with Gasteiger partial charge in [-0.25, -0.2) is 0 Å². The number of amides is 2. The van der Waals surface area contributed by atoms with Crippen LogP contribution in [0.4, 0.5) is 0 Å². The molecular weight excluding hydrogens is 805 g/mol. The summed E-state index contributed by atoms with van der Waals surface area (Å²) in [5.41, 5.74) is 2.01. The molecule has 10 rings (SSSR count). The van der Waals surface area contributed by atoms with Gasteiger partial charge in [0.2, 0.25) is 0 Å². The third kappa shape index (κ3) is 5.10. The molecule has 268 valence electrons. The summed E-state index contributed by atoms with van der Waals surface area (Å²) in [5, 5.41) is 0. The maximum Gasteiger partial charge on any atom is 0.266 e. The zero-order valence-corrected chi connectivity index (χ0v) is 35.1. The number of likely N-dealkylation sites (N-methyl/N-ethyl adjacent to an activating group) is 2. The van der Waals surface area contributed by atoms with Crippen molar-refractivity contribution in [2.75, 3.05) is 13.1 Å². The van der Waals surface area contributed by atoms with Gasteiger partial charge < -0.3 is 9.47 Å². The molecule has 0 radical (unpaired) electrons. The highest BCUT2D eigenvalue weighted by atomic mass is 32.2. The Balaban J connectivity index is 1.13. The number of hydrogen-bond donors (Lipinski definition) is 0.